The summed E-state index contributed by atoms with van der Waals surface area (Å²) in [7, 11) is 4.82. The zero-order chi connectivity index (χ0) is 22.5. The first-order chi connectivity index (χ1) is 15.6. The largest absolute Gasteiger partial charge is 0.376 e. The molecule has 0 N–H and O–H groups in total. The minimum Gasteiger partial charge on any atom is -0.376 e. The fourth-order valence-electron chi connectivity index (χ4n) is 3.79. The van der Waals surface area contributed by atoms with Crippen molar-refractivity contribution >= 4 is 17.6 Å². The van der Waals surface area contributed by atoms with Gasteiger partial charge in [0.05, 0.1) is 22.9 Å². The van der Waals surface area contributed by atoms with Crippen molar-refractivity contribution in [3.63, 3.8) is 0 Å². The van der Waals surface area contributed by atoms with Crippen LogP contribution in [0.5, 0.6) is 0 Å². The van der Waals surface area contributed by atoms with Crippen molar-refractivity contribution in [2.24, 2.45) is 5.16 Å². The van der Waals surface area contributed by atoms with Gasteiger partial charge in [-0.2, -0.15) is 5.10 Å². The summed E-state index contributed by atoms with van der Waals surface area (Å²) in [6.45, 7) is 1.91. The lowest BCUT2D eigenvalue weighted by atomic mass is 9.99. The van der Waals surface area contributed by atoms with Gasteiger partial charge in [-0.3, -0.25) is 0 Å². The third-order valence-corrected chi connectivity index (χ3v) is 6.32. The van der Waals surface area contributed by atoms with Crippen LogP contribution in [0.4, 0.5) is 0 Å². The summed E-state index contributed by atoms with van der Waals surface area (Å²) in [4.78, 5) is 6.76. The maximum atomic E-state index is 5.90. The smallest absolute Gasteiger partial charge is 0.256 e. The standard InChI is InChI=1S/C23H27N3O5S/c1-15-20(27-2)21(28-3)22(29-4)23(30-15)31-24-14-16-7-9-17(10-8-16)26-12-11-18(25-26)19-6-5-13-32-19/h5-15,20-23H,1-4H3/b24-14+/t15-,20-,21+,22+,23-/m0/s1. The molecule has 8 nitrogen and oxygen atoms in total. The summed E-state index contributed by atoms with van der Waals surface area (Å²) >= 11 is 1.67. The van der Waals surface area contributed by atoms with Crippen LogP contribution in [0.3, 0.4) is 0 Å². The molecule has 170 valence electrons. The van der Waals surface area contributed by atoms with Gasteiger partial charge in [0, 0.05) is 27.5 Å². The number of hydrogen-bond acceptors (Lipinski definition) is 8. The highest BCUT2D eigenvalue weighted by molar-refractivity contribution is 7.13. The first-order valence-corrected chi connectivity index (χ1v) is 11.2. The van der Waals surface area contributed by atoms with Crippen LogP contribution in [0.15, 0.2) is 59.2 Å². The second kappa shape index (κ2) is 10.4. The Morgan fingerprint density at radius 3 is 2.41 bits per heavy atom. The first kappa shape index (κ1) is 22.6. The zero-order valence-electron chi connectivity index (χ0n) is 18.5. The van der Waals surface area contributed by atoms with Gasteiger partial charge in [0.15, 0.2) is 6.10 Å². The van der Waals surface area contributed by atoms with E-state index >= 15 is 0 Å². The van der Waals surface area contributed by atoms with Crippen LogP contribution >= 0.6 is 11.3 Å². The molecule has 9 heteroatoms. The van der Waals surface area contributed by atoms with E-state index in [2.05, 4.69) is 16.3 Å². The lowest BCUT2D eigenvalue weighted by Gasteiger charge is -2.42. The van der Waals surface area contributed by atoms with E-state index < -0.39 is 12.4 Å². The van der Waals surface area contributed by atoms with Crippen LogP contribution in [0, 0.1) is 0 Å². The van der Waals surface area contributed by atoms with E-state index in [0.29, 0.717) is 0 Å². The molecule has 1 aliphatic rings. The second-order valence-electron chi connectivity index (χ2n) is 7.36. The van der Waals surface area contributed by atoms with Crippen LogP contribution in [-0.4, -0.2) is 68.0 Å². The molecular formula is C23H27N3O5S. The summed E-state index contributed by atoms with van der Waals surface area (Å²) < 4.78 is 24.4. The molecule has 0 spiro atoms. The lowest BCUT2D eigenvalue weighted by molar-refractivity contribution is -0.305. The van der Waals surface area contributed by atoms with Crippen LogP contribution in [0.2, 0.25) is 0 Å². The Morgan fingerprint density at radius 2 is 1.75 bits per heavy atom. The molecule has 1 aromatic carbocycles. The lowest BCUT2D eigenvalue weighted by Crippen LogP contribution is -2.59. The van der Waals surface area contributed by atoms with Crippen molar-refractivity contribution in [1.82, 2.24) is 9.78 Å². The van der Waals surface area contributed by atoms with Gasteiger partial charge in [-0.05, 0) is 42.1 Å². The Morgan fingerprint density at radius 1 is 1.00 bits per heavy atom. The van der Waals surface area contributed by atoms with E-state index in [9.17, 15) is 0 Å². The number of oxime groups is 1. The predicted molar refractivity (Wildman–Crippen MR) is 122 cm³/mol. The molecule has 0 unspecified atom stereocenters. The number of aromatic nitrogens is 2. The summed E-state index contributed by atoms with van der Waals surface area (Å²) in [5.74, 6) is 0. The topological polar surface area (TPSA) is 76.3 Å². The maximum Gasteiger partial charge on any atom is 0.256 e. The van der Waals surface area contributed by atoms with E-state index in [4.69, 9.17) is 23.8 Å². The number of rotatable bonds is 8. The Balaban J connectivity index is 1.40. The number of nitrogens with zero attached hydrogens (tertiary/aromatic N) is 3. The summed E-state index contributed by atoms with van der Waals surface area (Å²) in [6, 6.07) is 14.0. The van der Waals surface area contributed by atoms with Crippen LogP contribution in [-0.2, 0) is 23.8 Å². The van der Waals surface area contributed by atoms with Gasteiger partial charge >= 0.3 is 0 Å². The molecule has 5 atom stereocenters. The third kappa shape index (κ3) is 4.77. The summed E-state index contributed by atoms with van der Waals surface area (Å²) in [5, 5.41) is 10.8. The van der Waals surface area contributed by atoms with Crippen LogP contribution in [0.25, 0.3) is 16.3 Å². The number of hydrogen-bond donors (Lipinski definition) is 0. The highest BCUT2D eigenvalue weighted by Crippen LogP contribution is 2.28. The van der Waals surface area contributed by atoms with E-state index in [1.165, 1.54) is 0 Å². The number of thiophene rings is 1. The first-order valence-electron chi connectivity index (χ1n) is 10.3. The SMILES string of the molecule is CO[C@@H]1[C@@H](OC)[C@H](C)O[C@@H](O/N=C/c2ccc(-n3ccc(-c4cccs4)n3)cc2)[C@@H]1OC. The van der Waals surface area contributed by atoms with E-state index in [0.717, 1.165) is 21.8 Å². The van der Waals surface area contributed by atoms with Crippen molar-refractivity contribution in [2.75, 3.05) is 21.3 Å². The average Bonchev–Trinajstić information content (AvgIpc) is 3.51. The minimum absolute atomic E-state index is 0.232. The molecule has 1 fully saturated rings. The second-order valence-corrected chi connectivity index (χ2v) is 8.31. The average molecular weight is 458 g/mol. The molecule has 2 aromatic heterocycles. The van der Waals surface area contributed by atoms with Gasteiger partial charge in [-0.25, -0.2) is 4.68 Å². The monoisotopic (exact) mass is 457 g/mol. The number of ether oxygens (including phenoxy) is 4. The fourth-order valence-corrected chi connectivity index (χ4v) is 4.48. The Labute approximate surface area is 191 Å². The normalized spacial score (nSPS) is 25.9. The number of benzene rings is 1. The predicted octanol–water partition coefficient (Wildman–Crippen LogP) is 3.74. The van der Waals surface area contributed by atoms with E-state index in [-0.39, 0.29) is 18.3 Å². The molecule has 3 aromatic rings. The van der Waals surface area contributed by atoms with Gasteiger partial charge in [0.25, 0.3) is 6.29 Å². The maximum absolute atomic E-state index is 5.90. The quantitative estimate of drug-likeness (QED) is 0.379. The van der Waals surface area contributed by atoms with Crippen molar-refractivity contribution < 1.29 is 23.8 Å². The Bertz CT molecular complexity index is 1010. The molecular weight excluding hydrogens is 430 g/mol. The molecule has 32 heavy (non-hydrogen) atoms. The molecule has 0 bridgehead atoms. The fraction of sp³-hybridized carbons (Fsp3) is 0.391. The number of methoxy groups -OCH3 is 3. The highest BCUT2D eigenvalue weighted by atomic mass is 32.1. The molecule has 0 amide bonds. The van der Waals surface area contributed by atoms with Crippen molar-refractivity contribution in [1.29, 1.82) is 0 Å². The molecule has 4 rings (SSSR count). The van der Waals surface area contributed by atoms with E-state index in [1.54, 1.807) is 38.9 Å². The van der Waals surface area contributed by atoms with Gasteiger partial charge in [-0.1, -0.05) is 23.4 Å². The molecule has 1 aliphatic heterocycles. The molecule has 0 saturated carbocycles. The van der Waals surface area contributed by atoms with Crippen molar-refractivity contribution in [3.05, 3.63) is 59.6 Å². The van der Waals surface area contributed by atoms with E-state index in [1.807, 2.05) is 59.6 Å². The van der Waals surface area contributed by atoms with Crippen LogP contribution < -0.4 is 0 Å². The Hall–Kier alpha value is -2.56. The van der Waals surface area contributed by atoms with Gasteiger partial charge in [0.1, 0.15) is 17.9 Å². The Kier molecular flexibility index (Phi) is 7.33. The van der Waals surface area contributed by atoms with Crippen LogP contribution in [0.1, 0.15) is 12.5 Å². The summed E-state index contributed by atoms with van der Waals surface area (Å²) in [5.41, 5.74) is 2.80. The minimum atomic E-state index is -0.707. The zero-order valence-corrected chi connectivity index (χ0v) is 19.3. The molecule has 1 saturated heterocycles. The van der Waals surface area contributed by atoms with Gasteiger partial charge < -0.3 is 23.8 Å². The highest BCUT2D eigenvalue weighted by Gasteiger charge is 2.46. The van der Waals surface area contributed by atoms with Gasteiger partial charge in [-0.15, -0.1) is 11.3 Å². The molecule has 0 radical (unpaired) electrons. The third-order valence-electron chi connectivity index (χ3n) is 5.43. The molecule has 3 heterocycles. The van der Waals surface area contributed by atoms with Crippen molar-refractivity contribution in [2.45, 2.75) is 37.6 Å². The summed E-state index contributed by atoms with van der Waals surface area (Å²) in [6.07, 6.45) is 1.58. The van der Waals surface area contributed by atoms with Gasteiger partial charge in [0.2, 0.25) is 0 Å². The van der Waals surface area contributed by atoms with Crippen molar-refractivity contribution in [3.8, 4) is 16.3 Å². The molecule has 0 aliphatic carbocycles.